The van der Waals surface area contributed by atoms with Gasteiger partial charge >= 0.3 is 0 Å². The summed E-state index contributed by atoms with van der Waals surface area (Å²) in [6.07, 6.45) is 8.03. The molecule has 1 aliphatic rings. The molecule has 1 unspecified atom stereocenters. The van der Waals surface area contributed by atoms with Crippen LogP contribution in [0.5, 0.6) is 5.75 Å². The van der Waals surface area contributed by atoms with Crippen molar-refractivity contribution < 1.29 is 14.6 Å². The van der Waals surface area contributed by atoms with Crippen molar-refractivity contribution in [1.29, 1.82) is 0 Å². The van der Waals surface area contributed by atoms with Crippen LogP contribution < -0.4 is 4.74 Å². The van der Waals surface area contributed by atoms with Crippen LogP contribution >= 0.6 is 0 Å². The quantitative estimate of drug-likeness (QED) is 0.682. The van der Waals surface area contributed by atoms with Gasteiger partial charge in [-0.3, -0.25) is 4.79 Å². The molecule has 5 nitrogen and oxygen atoms in total. The number of hydrogen-bond acceptors (Lipinski definition) is 4. The van der Waals surface area contributed by atoms with E-state index in [0.717, 1.165) is 40.8 Å². The predicted molar refractivity (Wildman–Crippen MR) is 107 cm³/mol. The highest BCUT2D eigenvalue weighted by atomic mass is 16.5. The molecule has 1 heterocycles. The zero-order valence-electron chi connectivity index (χ0n) is 15.8. The largest absolute Gasteiger partial charge is 0.484 e. The molecule has 1 atom stereocenters. The number of aromatic nitrogens is 2. The van der Waals surface area contributed by atoms with E-state index in [9.17, 15) is 9.90 Å². The first kappa shape index (κ1) is 18.4. The van der Waals surface area contributed by atoms with E-state index < -0.39 is 0 Å². The summed E-state index contributed by atoms with van der Waals surface area (Å²) in [6.45, 7) is 0.650. The van der Waals surface area contributed by atoms with E-state index in [1.807, 2.05) is 41.1 Å². The Morgan fingerprint density at radius 3 is 2.75 bits per heavy atom. The Balaban J connectivity index is 1.70. The molecule has 0 spiro atoms. The Hall–Kier alpha value is -2.92. The molecule has 0 saturated carbocycles. The number of hydrogen-bond donors (Lipinski definition) is 1. The van der Waals surface area contributed by atoms with Crippen LogP contribution in [0.25, 0.3) is 0 Å². The van der Waals surface area contributed by atoms with Crippen LogP contribution in [0.3, 0.4) is 0 Å². The van der Waals surface area contributed by atoms with Gasteiger partial charge in [-0.05, 0) is 42.5 Å². The number of carbonyl (C=O) groups is 1. The maximum absolute atomic E-state index is 12.3. The number of imidazole rings is 1. The molecule has 0 saturated heterocycles. The number of aliphatic hydroxyl groups is 1. The monoisotopic (exact) mass is 376 g/mol. The smallest absolute Gasteiger partial charge is 0.163 e. The summed E-state index contributed by atoms with van der Waals surface area (Å²) in [6, 6.07) is 13.9. The van der Waals surface area contributed by atoms with Gasteiger partial charge in [-0.2, -0.15) is 0 Å². The molecule has 144 valence electrons. The number of benzene rings is 2. The van der Waals surface area contributed by atoms with Crippen molar-refractivity contribution in [2.24, 2.45) is 0 Å². The Bertz CT molecular complexity index is 936. The fourth-order valence-corrected chi connectivity index (χ4v) is 3.89. The number of Topliss-reactive ketones (excluding diaryl/α,β-unsaturated/α-hetero) is 1. The average Bonchev–Trinajstić information content (AvgIpc) is 3.23. The molecule has 1 aromatic heterocycles. The van der Waals surface area contributed by atoms with E-state index in [0.29, 0.717) is 19.4 Å². The number of rotatable bonds is 7. The molecule has 0 bridgehead atoms. The van der Waals surface area contributed by atoms with Gasteiger partial charge in [0.15, 0.2) is 5.78 Å². The Morgan fingerprint density at radius 1 is 1.14 bits per heavy atom. The van der Waals surface area contributed by atoms with Gasteiger partial charge in [0.1, 0.15) is 11.9 Å². The van der Waals surface area contributed by atoms with Gasteiger partial charge in [0, 0.05) is 36.5 Å². The first-order valence-corrected chi connectivity index (χ1v) is 9.72. The summed E-state index contributed by atoms with van der Waals surface area (Å²) in [5.41, 5.74) is 3.85. The first-order valence-electron chi connectivity index (χ1n) is 9.72. The fraction of sp³-hybridized carbons (Fsp3) is 0.304. The fourth-order valence-electron chi connectivity index (χ4n) is 3.89. The molecular weight excluding hydrogens is 352 g/mol. The van der Waals surface area contributed by atoms with Gasteiger partial charge in [0.25, 0.3) is 0 Å². The molecule has 2 aromatic carbocycles. The van der Waals surface area contributed by atoms with Crippen LogP contribution in [0.4, 0.5) is 0 Å². The van der Waals surface area contributed by atoms with Crippen LogP contribution in [-0.2, 0) is 19.4 Å². The van der Waals surface area contributed by atoms with Gasteiger partial charge in [0.2, 0.25) is 0 Å². The summed E-state index contributed by atoms with van der Waals surface area (Å²) < 4.78 is 8.48. The third-order valence-corrected chi connectivity index (χ3v) is 5.26. The molecule has 0 amide bonds. The maximum Gasteiger partial charge on any atom is 0.163 e. The Morgan fingerprint density at radius 2 is 2.00 bits per heavy atom. The molecule has 0 aliphatic heterocycles. The summed E-state index contributed by atoms with van der Waals surface area (Å²) >= 11 is 0. The lowest BCUT2D eigenvalue weighted by molar-refractivity contribution is 0.0972. The molecule has 5 heteroatoms. The van der Waals surface area contributed by atoms with Crippen LogP contribution in [0.15, 0.2) is 61.2 Å². The minimum Gasteiger partial charge on any atom is -0.484 e. The van der Waals surface area contributed by atoms with Crippen molar-refractivity contribution in [1.82, 2.24) is 9.55 Å². The number of fused-ring (bicyclic) bond motifs is 1. The number of aliphatic hydroxyl groups excluding tert-OH is 1. The van der Waals surface area contributed by atoms with Gasteiger partial charge in [-0.15, -0.1) is 0 Å². The minimum absolute atomic E-state index is 0.0263. The van der Waals surface area contributed by atoms with Crippen LogP contribution in [0.1, 0.15) is 46.0 Å². The third kappa shape index (κ3) is 3.85. The Kier molecular flexibility index (Phi) is 5.53. The van der Waals surface area contributed by atoms with Crippen LogP contribution in [0.2, 0.25) is 0 Å². The van der Waals surface area contributed by atoms with Crippen molar-refractivity contribution in [3.63, 3.8) is 0 Å². The van der Waals surface area contributed by atoms with E-state index in [1.165, 1.54) is 0 Å². The van der Waals surface area contributed by atoms with Crippen molar-refractivity contribution in [3.8, 4) is 5.75 Å². The van der Waals surface area contributed by atoms with Crippen molar-refractivity contribution in [2.75, 3.05) is 6.61 Å². The van der Waals surface area contributed by atoms with Gasteiger partial charge < -0.3 is 14.4 Å². The van der Waals surface area contributed by atoms with Crippen molar-refractivity contribution >= 4 is 5.78 Å². The number of carbonyl (C=O) groups excluding carboxylic acids is 1. The highest BCUT2D eigenvalue weighted by Gasteiger charge is 2.24. The molecule has 0 radical (unpaired) electrons. The summed E-state index contributed by atoms with van der Waals surface area (Å²) in [5.74, 6) is 0.932. The summed E-state index contributed by atoms with van der Waals surface area (Å²) in [5, 5.41) is 9.62. The molecule has 28 heavy (non-hydrogen) atoms. The lowest BCUT2D eigenvalue weighted by Gasteiger charge is -2.25. The molecule has 4 rings (SSSR count). The van der Waals surface area contributed by atoms with Gasteiger partial charge in [-0.25, -0.2) is 4.98 Å². The van der Waals surface area contributed by atoms with Gasteiger partial charge in [-0.1, -0.05) is 30.3 Å². The van der Waals surface area contributed by atoms with Crippen molar-refractivity contribution in [2.45, 2.75) is 38.3 Å². The predicted octanol–water partition coefficient (Wildman–Crippen LogP) is 3.76. The van der Waals surface area contributed by atoms with E-state index in [2.05, 4.69) is 17.1 Å². The maximum atomic E-state index is 12.3. The van der Waals surface area contributed by atoms with Crippen molar-refractivity contribution in [3.05, 3.63) is 83.4 Å². The standard InChI is InChI=1S/C23H24N2O3/c26-14-11-20-18-7-4-8-21(27)19(18)9-10-22(20)28-23(15-25-13-12-24-16-25)17-5-2-1-3-6-17/h1-3,5-6,9-10,12-13,16,23,26H,4,7-8,11,14-15H2. The molecule has 0 fully saturated rings. The topological polar surface area (TPSA) is 64.4 Å². The molecule has 1 aliphatic carbocycles. The minimum atomic E-state index is -0.204. The zero-order chi connectivity index (χ0) is 19.3. The van der Waals surface area contributed by atoms with E-state index in [4.69, 9.17) is 4.74 Å². The van der Waals surface area contributed by atoms with Gasteiger partial charge in [0.05, 0.1) is 12.9 Å². The van der Waals surface area contributed by atoms with E-state index >= 15 is 0 Å². The Labute approximate surface area is 164 Å². The molecule has 3 aromatic rings. The molecule has 1 N–H and O–H groups in total. The second-order valence-corrected chi connectivity index (χ2v) is 7.10. The zero-order valence-corrected chi connectivity index (χ0v) is 15.8. The summed E-state index contributed by atoms with van der Waals surface area (Å²) in [7, 11) is 0. The second-order valence-electron chi connectivity index (χ2n) is 7.10. The number of ketones is 1. The van der Waals surface area contributed by atoms with Crippen LogP contribution in [0, 0.1) is 0 Å². The average molecular weight is 376 g/mol. The SMILES string of the molecule is O=C1CCCc2c1ccc(OC(Cn1ccnc1)c1ccccc1)c2CCO. The first-order chi connectivity index (χ1) is 13.8. The van der Waals surface area contributed by atoms with Crippen LogP contribution in [-0.4, -0.2) is 27.0 Å². The lowest BCUT2D eigenvalue weighted by Crippen LogP contribution is -2.18. The highest BCUT2D eigenvalue weighted by molar-refractivity contribution is 5.99. The normalized spacial score (nSPS) is 14.5. The number of nitrogens with zero attached hydrogens (tertiary/aromatic N) is 2. The van der Waals surface area contributed by atoms with E-state index in [1.54, 1.807) is 12.5 Å². The summed E-state index contributed by atoms with van der Waals surface area (Å²) in [4.78, 5) is 16.4. The number of ether oxygens (including phenoxy) is 1. The highest BCUT2D eigenvalue weighted by Crippen LogP contribution is 2.34. The molecular formula is C23H24N2O3. The third-order valence-electron chi connectivity index (χ3n) is 5.26. The van der Waals surface area contributed by atoms with E-state index in [-0.39, 0.29) is 18.5 Å². The lowest BCUT2D eigenvalue weighted by atomic mass is 9.86. The second kappa shape index (κ2) is 8.40.